The van der Waals surface area contributed by atoms with E-state index in [-0.39, 0.29) is 30.7 Å². The van der Waals surface area contributed by atoms with E-state index in [1.165, 1.54) is 4.90 Å². The number of aromatic amines is 1. The molecule has 1 fully saturated rings. The molecule has 1 atom stereocenters. The molecule has 1 saturated heterocycles. The molecule has 1 aromatic heterocycles. The first-order chi connectivity index (χ1) is 14.4. The maximum absolute atomic E-state index is 12.8. The molecule has 9 heteroatoms. The zero-order valence-corrected chi connectivity index (χ0v) is 16.7. The van der Waals surface area contributed by atoms with Crippen molar-refractivity contribution in [2.24, 2.45) is 0 Å². The molecular weight excluding hydrogens is 388 g/mol. The van der Waals surface area contributed by atoms with E-state index in [0.29, 0.717) is 35.5 Å². The van der Waals surface area contributed by atoms with Crippen LogP contribution in [0.25, 0.3) is 0 Å². The third-order valence-corrected chi connectivity index (χ3v) is 5.53. The molecule has 2 aliphatic rings. The molecule has 3 N–H and O–H groups in total. The molecule has 0 aliphatic carbocycles. The highest BCUT2D eigenvalue weighted by molar-refractivity contribution is 6.07. The lowest BCUT2D eigenvalue weighted by Crippen LogP contribution is -2.52. The Kier molecular flexibility index (Phi) is 5.03. The maximum Gasteiger partial charge on any atom is 0.272 e. The Labute approximate surface area is 172 Å². The van der Waals surface area contributed by atoms with Gasteiger partial charge in [-0.25, -0.2) is 0 Å². The summed E-state index contributed by atoms with van der Waals surface area (Å²) < 4.78 is 5.27. The van der Waals surface area contributed by atoms with Gasteiger partial charge in [0.05, 0.1) is 7.11 Å². The normalized spacial score (nSPS) is 18.3. The van der Waals surface area contributed by atoms with Crippen molar-refractivity contribution in [3.8, 4) is 5.75 Å². The average Bonchev–Trinajstić information content (AvgIpc) is 3.28. The summed E-state index contributed by atoms with van der Waals surface area (Å²) in [6.45, 7) is 2.19. The quantitative estimate of drug-likeness (QED) is 0.647. The Morgan fingerprint density at radius 2 is 2.10 bits per heavy atom. The number of carbonyl (C=O) groups is 4. The zero-order chi connectivity index (χ0) is 21.4. The molecule has 4 rings (SSSR count). The summed E-state index contributed by atoms with van der Waals surface area (Å²) in [4.78, 5) is 53.4. The number of hydrogen-bond donors (Lipinski definition) is 3. The van der Waals surface area contributed by atoms with Crippen LogP contribution in [0, 0.1) is 0 Å². The van der Waals surface area contributed by atoms with E-state index < -0.39 is 11.9 Å². The third kappa shape index (κ3) is 3.32. The van der Waals surface area contributed by atoms with Crippen LogP contribution in [0.15, 0.2) is 24.4 Å². The Morgan fingerprint density at radius 1 is 1.30 bits per heavy atom. The fourth-order valence-corrected chi connectivity index (χ4v) is 4.02. The Balaban J connectivity index is 1.52. The zero-order valence-electron chi connectivity index (χ0n) is 16.7. The van der Waals surface area contributed by atoms with Crippen LogP contribution >= 0.6 is 0 Å². The van der Waals surface area contributed by atoms with E-state index >= 15 is 0 Å². The van der Waals surface area contributed by atoms with Crippen LogP contribution in [0.1, 0.15) is 51.7 Å². The fraction of sp³-hybridized carbons (Fsp3) is 0.333. The molecule has 1 aromatic carbocycles. The van der Waals surface area contributed by atoms with Crippen LogP contribution in [0.4, 0.5) is 5.69 Å². The highest BCUT2D eigenvalue weighted by atomic mass is 16.5. The number of ether oxygens (including phenoxy) is 1. The van der Waals surface area contributed by atoms with E-state index in [9.17, 15) is 19.2 Å². The topological polar surface area (TPSA) is 121 Å². The third-order valence-electron chi connectivity index (χ3n) is 5.53. The number of amides is 4. The summed E-state index contributed by atoms with van der Waals surface area (Å²) in [5.74, 6) is -0.699. The van der Waals surface area contributed by atoms with Crippen molar-refractivity contribution in [1.29, 1.82) is 0 Å². The minimum atomic E-state index is -0.667. The number of methoxy groups -OCH3 is 1. The molecule has 2 aromatic rings. The van der Waals surface area contributed by atoms with Crippen molar-refractivity contribution in [2.75, 3.05) is 12.4 Å². The number of fused-ring (bicyclic) bond motifs is 1. The van der Waals surface area contributed by atoms with Crippen LogP contribution in [0.3, 0.4) is 0 Å². The monoisotopic (exact) mass is 410 g/mol. The first-order valence-corrected chi connectivity index (χ1v) is 9.76. The van der Waals surface area contributed by atoms with Crippen molar-refractivity contribution in [3.63, 3.8) is 0 Å². The lowest BCUT2D eigenvalue weighted by Gasteiger charge is -2.29. The van der Waals surface area contributed by atoms with Crippen LogP contribution in [0.2, 0.25) is 0 Å². The van der Waals surface area contributed by atoms with E-state index in [2.05, 4.69) is 15.6 Å². The second-order valence-corrected chi connectivity index (χ2v) is 7.29. The average molecular weight is 410 g/mol. The summed E-state index contributed by atoms with van der Waals surface area (Å²) in [5.41, 5.74) is 2.98. The van der Waals surface area contributed by atoms with Crippen LogP contribution in [-0.2, 0) is 22.6 Å². The molecule has 0 spiro atoms. The molecule has 9 nitrogen and oxygen atoms in total. The molecule has 0 bridgehead atoms. The number of aromatic nitrogens is 1. The predicted octanol–water partition coefficient (Wildman–Crippen LogP) is 1.60. The number of anilines is 1. The van der Waals surface area contributed by atoms with Gasteiger partial charge in [-0.3, -0.25) is 24.5 Å². The summed E-state index contributed by atoms with van der Waals surface area (Å²) in [7, 11) is 1.55. The number of imide groups is 1. The van der Waals surface area contributed by atoms with Crippen molar-refractivity contribution in [3.05, 3.63) is 46.8 Å². The van der Waals surface area contributed by atoms with Gasteiger partial charge in [-0.2, -0.15) is 0 Å². The van der Waals surface area contributed by atoms with Gasteiger partial charge >= 0.3 is 0 Å². The lowest BCUT2D eigenvalue weighted by atomic mass is 10.0. The van der Waals surface area contributed by atoms with Crippen LogP contribution < -0.4 is 15.4 Å². The van der Waals surface area contributed by atoms with E-state index in [4.69, 9.17) is 4.74 Å². The highest BCUT2D eigenvalue weighted by Crippen LogP contribution is 2.30. The van der Waals surface area contributed by atoms with E-state index in [1.54, 1.807) is 31.5 Å². The van der Waals surface area contributed by atoms with Gasteiger partial charge in [0.25, 0.3) is 11.8 Å². The van der Waals surface area contributed by atoms with E-state index in [0.717, 1.165) is 11.1 Å². The SMILES string of the molecule is CCc1c(OC)c[nH]c1C(=O)Nc1ccc2c(c1)CN(C1CCC(=O)NC1=O)C2=O. The molecule has 4 amide bonds. The fourth-order valence-electron chi connectivity index (χ4n) is 4.02. The number of nitrogens with zero attached hydrogens (tertiary/aromatic N) is 1. The Morgan fingerprint density at radius 3 is 2.80 bits per heavy atom. The van der Waals surface area contributed by atoms with Crippen molar-refractivity contribution in [2.45, 2.75) is 38.8 Å². The van der Waals surface area contributed by atoms with Gasteiger partial charge in [0.2, 0.25) is 11.8 Å². The summed E-state index contributed by atoms with van der Waals surface area (Å²) >= 11 is 0. The van der Waals surface area contributed by atoms with Gasteiger partial charge in [0, 0.05) is 36.0 Å². The number of piperidine rings is 1. The molecular formula is C21H22N4O5. The van der Waals surface area contributed by atoms with Crippen molar-refractivity contribution in [1.82, 2.24) is 15.2 Å². The molecule has 0 radical (unpaired) electrons. The van der Waals surface area contributed by atoms with Crippen LogP contribution in [0.5, 0.6) is 5.75 Å². The summed E-state index contributed by atoms with van der Waals surface area (Å²) in [6, 6.07) is 4.38. The van der Waals surface area contributed by atoms with Gasteiger partial charge < -0.3 is 19.9 Å². The summed E-state index contributed by atoms with van der Waals surface area (Å²) in [5, 5.41) is 5.13. The van der Waals surface area contributed by atoms with Gasteiger partial charge in [-0.1, -0.05) is 6.92 Å². The van der Waals surface area contributed by atoms with Crippen LogP contribution in [-0.4, -0.2) is 46.7 Å². The smallest absolute Gasteiger partial charge is 0.272 e. The minimum Gasteiger partial charge on any atom is -0.495 e. The second kappa shape index (κ2) is 7.66. The molecule has 30 heavy (non-hydrogen) atoms. The number of benzene rings is 1. The second-order valence-electron chi connectivity index (χ2n) is 7.29. The Hall–Kier alpha value is -3.62. The van der Waals surface area contributed by atoms with Gasteiger partial charge in [-0.05, 0) is 36.6 Å². The van der Waals surface area contributed by atoms with Gasteiger partial charge in [0.1, 0.15) is 17.5 Å². The molecule has 156 valence electrons. The number of nitrogens with one attached hydrogen (secondary N) is 3. The predicted molar refractivity (Wildman–Crippen MR) is 107 cm³/mol. The standard InChI is InChI=1S/C21H22N4O5/c1-3-13-16(30-2)9-22-18(13)20(28)23-12-4-5-14-11(8-12)10-25(21(14)29)15-6-7-17(26)24-19(15)27/h4-5,8-9,15,22H,3,6-7,10H2,1-2H3,(H,23,28)(H,24,26,27). The number of H-pyrrole nitrogens is 1. The van der Waals surface area contributed by atoms with Gasteiger partial charge in [-0.15, -0.1) is 0 Å². The minimum absolute atomic E-state index is 0.206. The summed E-state index contributed by atoms with van der Waals surface area (Å²) in [6.07, 6.45) is 2.79. The van der Waals surface area contributed by atoms with Crippen molar-refractivity contribution >= 4 is 29.3 Å². The first kappa shape index (κ1) is 19.7. The molecule has 3 heterocycles. The number of carbonyl (C=O) groups excluding carboxylic acids is 4. The molecule has 1 unspecified atom stereocenters. The van der Waals surface area contributed by atoms with Crippen molar-refractivity contribution < 1.29 is 23.9 Å². The number of hydrogen-bond acceptors (Lipinski definition) is 5. The highest BCUT2D eigenvalue weighted by Gasteiger charge is 2.39. The maximum atomic E-state index is 12.8. The first-order valence-electron chi connectivity index (χ1n) is 9.76. The molecule has 2 aliphatic heterocycles. The van der Waals surface area contributed by atoms with Gasteiger partial charge in [0.15, 0.2) is 0 Å². The van der Waals surface area contributed by atoms with E-state index in [1.807, 2.05) is 6.92 Å². The molecule has 0 saturated carbocycles. The largest absolute Gasteiger partial charge is 0.495 e. The lowest BCUT2D eigenvalue weighted by molar-refractivity contribution is -0.136. The Bertz CT molecular complexity index is 1060. The number of rotatable bonds is 5.